The maximum Gasteiger partial charge on any atom is 0.293 e. The van der Waals surface area contributed by atoms with Crippen LogP contribution < -0.4 is 5.32 Å². The lowest BCUT2D eigenvalue weighted by Gasteiger charge is -2.17. The molecule has 2 aromatic carbocycles. The molecule has 2 rings (SSSR count). The van der Waals surface area contributed by atoms with Crippen LogP contribution in [0, 0.1) is 15.9 Å². The first-order valence-electron chi connectivity index (χ1n) is 6.04. The highest BCUT2D eigenvalue weighted by Crippen LogP contribution is 2.32. The highest BCUT2D eigenvalue weighted by molar-refractivity contribution is 6.31. The van der Waals surface area contributed by atoms with Gasteiger partial charge in [0.1, 0.15) is 11.5 Å². The molecule has 0 bridgehead atoms. The fourth-order valence-electron chi connectivity index (χ4n) is 1.94. The van der Waals surface area contributed by atoms with Crippen molar-refractivity contribution in [2.75, 3.05) is 5.32 Å². The summed E-state index contributed by atoms with van der Waals surface area (Å²) in [5, 5.41) is 14.6. The van der Waals surface area contributed by atoms with E-state index in [4.69, 9.17) is 23.2 Å². The zero-order valence-corrected chi connectivity index (χ0v) is 12.5. The van der Waals surface area contributed by atoms with Crippen LogP contribution in [-0.2, 0) is 0 Å². The van der Waals surface area contributed by atoms with Gasteiger partial charge in [0.15, 0.2) is 0 Å². The van der Waals surface area contributed by atoms with E-state index in [1.807, 2.05) is 0 Å². The second-order valence-electron chi connectivity index (χ2n) is 4.45. The molecule has 21 heavy (non-hydrogen) atoms. The standard InChI is InChI=1S/C14H11Cl2FN2O2/c1-8(11-4-3-10(17)7-12(11)16)18-13-5-2-9(15)6-14(13)19(20)21/h2-8,18H,1H3. The molecule has 2 aromatic rings. The summed E-state index contributed by atoms with van der Waals surface area (Å²) < 4.78 is 13.0. The number of nitrogens with one attached hydrogen (secondary N) is 1. The van der Waals surface area contributed by atoms with Gasteiger partial charge in [-0.3, -0.25) is 10.1 Å². The first kappa shape index (κ1) is 15.5. The van der Waals surface area contributed by atoms with Gasteiger partial charge in [-0.15, -0.1) is 0 Å². The number of nitro benzene ring substituents is 1. The summed E-state index contributed by atoms with van der Waals surface area (Å²) >= 11 is 11.7. The summed E-state index contributed by atoms with van der Waals surface area (Å²) in [6, 6.07) is 8.03. The lowest BCUT2D eigenvalue weighted by Crippen LogP contribution is -2.09. The van der Waals surface area contributed by atoms with Crippen molar-refractivity contribution in [2.24, 2.45) is 0 Å². The average Bonchev–Trinajstić information content (AvgIpc) is 2.40. The van der Waals surface area contributed by atoms with Crippen molar-refractivity contribution in [2.45, 2.75) is 13.0 Å². The number of hydrogen-bond donors (Lipinski definition) is 1. The van der Waals surface area contributed by atoms with Crippen LogP contribution in [0.2, 0.25) is 10.0 Å². The molecular weight excluding hydrogens is 318 g/mol. The molecule has 4 nitrogen and oxygen atoms in total. The molecule has 0 fully saturated rings. The molecule has 0 heterocycles. The van der Waals surface area contributed by atoms with E-state index in [1.54, 1.807) is 13.0 Å². The first-order chi connectivity index (χ1) is 9.88. The molecule has 1 atom stereocenters. The summed E-state index contributed by atoms with van der Waals surface area (Å²) in [5.41, 5.74) is 0.826. The van der Waals surface area contributed by atoms with Crippen LogP contribution in [0.15, 0.2) is 36.4 Å². The Morgan fingerprint density at radius 1 is 1.24 bits per heavy atom. The van der Waals surface area contributed by atoms with E-state index in [2.05, 4.69) is 5.32 Å². The number of nitro groups is 1. The molecular formula is C14H11Cl2FN2O2. The summed E-state index contributed by atoms with van der Waals surface area (Å²) in [6.07, 6.45) is 0. The van der Waals surface area contributed by atoms with E-state index in [0.717, 1.165) is 0 Å². The molecule has 1 unspecified atom stereocenters. The molecule has 110 valence electrons. The Labute approximate surface area is 130 Å². The monoisotopic (exact) mass is 328 g/mol. The number of benzene rings is 2. The minimum Gasteiger partial charge on any atom is -0.373 e. The van der Waals surface area contributed by atoms with Gasteiger partial charge in [0, 0.05) is 16.1 Å². The molecule has 0 aliphatic heterocycles. The van der Waals surface area contributed by atoms with Crippen LogP contribution >= 0.6 is 23.2 Å². The van der Waals surface area contributed by atoms with Crippen LogP contribution in [0.25, 0.3) is 0 Å². The number of halogens is 3. The molecule has 7 heteroatoms. The number of anilines is 1. The topological polar surface area (TPSA) is 55.2 Å². The van der Waals surface area contributed by atoms with Gasteiger partial charge in [-0.2, -0.15) is 0 Å². The Bertz CT molecular complexity index is 695. The zero-order chi connectivity index (χ0) is 15.6. The van der Waals surface area contributed by atoms with Crippen molar-refractivity contribution in [1.82, 2.24) is 0 Å². The fraction of sp³-hybridized carbons (Fsp3) is 0.143. The van der Waals surface area contributed by atoms with E-state index in [-0.39, 0.29) is 21.8 Å². The van der Waals surface area contributed by atoms with Crippen molar-refractivity contribution in [3.63, 3.8) is 0 Å². The highest BCUT2D eigenvalue weighted by atomic mass is 35.5. The first-order valence-corrected chi connectivity index (χ1v) is 6.79. The third-order valence-electron chi connectivity index (χ3n) is 2.96. The van der Waals surface area contributed by atoms with Gasteiger partial charge in [0.2, 0.25) is 0 Å². The maximum atomic E-state index is 13.0. The van der Waals surface area contributed by atoms with E-state index in [9.17, 15) is 14.5 Å². The maximum absolute atomic E-state index is 13.0. The van der Waals surface area contributed by atoms with Crippen molar-refractivity contribution < 1.29 is 9.31 Å². The van der Waals surface area contributed by atoms with Gasteiger partial charge in [-0.1, -0.05) is 29.3 Å². The number of hydrogen-bond acceptors (Lipinski definition) is 3. The van der Waals surface area contributed by atoms with Crippen LogP contribution in [0.3, 0.4) is 0 Å². The number of rotatable bonds is 4. The fourth-order valence-corrected chi connectivity index (χ4v) is 2.44. The number of nitrogens with zero attached hydrogens (tertiary/aromatic N) is 1. The lowest BCUT2D eigenvalue weighted by atomic mass is 10.1. The van der Waals surface area contributed by atoms with Gasteiger partial charge < -0.3 is 5.32 Å². The summed E-state index contributed by atoms with van der Waals surface area (Å²) in [5.74, 6) is -0.437. The molecule has 0 saturated heterocycles. The highest BCUT2D eigenvalue weighted by Gasteiger charge is 2.18. The third kappa shape index (κ3) is 3.62. The predicted octanol–water partition coefficient (Wildman–Crippen LogP) is 5.21. The molecule has 0 aliphatic carbocycles. The Hall–Kier alpha value is -1.85. The second-order valence-corrected chi connectivity index (χ2v) is 5.29. The van der Waals surface area contributed by atoms with Crippen molar-refractivity contribution in [3.05, 3.63) is 67.9 Å². The molecule has 0 aromatic heterocycles. The Morgan fingerprint density at radius 3 is 2.57 bits per heavy atom. The van der Waals surface area contributed by atoms with E-state index < -0.39 is 10.7 Å². The van der Waals surface area contributed by atoms with Gasteiger partial charge in [-0.05, 0) is 36.8 Å². The quantitative estimate of drug-likeness (QED) is 0.618. The van der Waals surface area contributed by atoms with E-state index >= 15 is 0 Å². The van der Waals surface area contributed by atoms with Crippen molar-refractivity contribution in [1.29, 1.82) is 0 Å². The molecule has 0 radical (unpaired) electrons. The van der Waals surface area contributed by atoms with Gasteiger partial charge in [0.25, 0.3) is 5.69 Å². The van der Waals surface area contributed by atoms with Gasteiger partial charge in [-0.25, -0.2) is 4.39 Å². The van der Waals surface area contributed by atoms with E-state index in [1.165, 1.54) is 30.3 Å². The lowest BCUT2D eigenvalue weighted by molar-refractivity contribution is -0.384. The molecule has 1 N–H and O–H groups in total. The predicted molar refractivity (Wildman–Crippen MR) is 81.6 cm³/mol. The zero-order valence-electron chi connectivity index (χ0n) is 10.9. The normalized spacial score (nSPS) is 12.0. The average molecular weight is 329 g/mol. The smallest absolute Gasteiger partial charge is 0.293 e. The van der Waals surface area contributed by atoms with Gasteiger partial charge in [0.05, 0.1) is 11.0 Å². The van der Waals surface area contributed by atoms with Gasteiger partial charge >= 0.3 is 0 Å². The Balaban J connectivity index is 2.31. The Morgan fingerprint density at radius 2 is 1.95 bits per heavy atom. The SMILES string of the molecule is CC(Nc1ccc(Cl)cc1[N+](=O)[O-])c1ccc(F)cc1Cl. The van der Waals surface area contributed by atoms with Crippen LogP contribution in [0.5, 0.6) is 0 Å². The summed E-state index contributed by atoms with van der Waals surface area (Å²) in [4.78, 5) is 10.5. The minimum atomic E-state index is -0.521. The van der Waals surface area contributed by atoms with Crippen molar-refractivity contribution >= 4 is 34.6 Å². The summed E-state index contributed by atoms with van der Waals surface area (Å²) in [7, 11) is 0. The van der Waals surface area contributed by atoms with Crippen molar-refractivity contribution in [3.8, 4) is 0 Å². The Kier molecular flexibility index (Phi) is 4.65. The third-order valence-corrected chi connectivity index (χ3v) is 3.52. The molecule has 0 saturated carbocycles. The molecule has 0 aliphatic rings. The van der Waals surface area contributed by atoms with Crippen LogP contribution in [-0.4, -0.2) is 4.92 Å². The second kappa shape index (κ2) is 6.28. The van der Waals surface area contributed by atoms with Crippen LogP contribution in [0.1, 0.15) is 18.5 Å². The van der Waals surface area contributed by atoms with Crippen LogP contribution in [0.4, 0.5) is 15.8 Å². The minimum absolute atomic E-state index is 0.132. The molecule has 0 amide bonds. The van der Waals surface area contributed by atoms with E-state index in [0.29, 0.717) is 11.3 Å². The largest absolute Gasteiger partial charge is 0.373 e. The molecule has 0 spiro atoms. The summed E-state index contributed by atoms with van der Waals surface area (Å²) in [6.45, 7) is 1.78.